The van der Waals surface area contributed by atoms with Crippen molar-refractivity contribution in [2.75, 3.05) is 5.73 Å². The fourth-order valence-corrected chi connectivity index (χ4v) is 1.59. The third-order valence-corrected chi connectivity index (χ3v) is 2.43. The number of nitro groups is 1. The van der Waals surface area contributed by atoms with E-state index in [2.05, 4.69) is 9.97 Å². The zero-order chi connectivity index (χ0) is 14.0. The van der Waals surface area contributed by atoms with Gasteiger partial charge in [0.05, 0.1) is 4.92 Å². The molecule has 7 heteroatoms. The number of nitrogens with zero attached hydrogens (tertiary/aromatic N) is 3. The Bertz CT molecular complexity index is 623. The third kappa shape index (κ3) is 2.95. The summed E-state index contributed by atoms with van der Waals surface area (Å²) in [4.78, 5) is 18.1. The molecule has 0 unspecified atom stereocenters. The minimum atomic E-state index is -0.455. The number of ether oxygens (including phenoxy) is 1. The number of nitrogen functional groups attached to an aromatic ring is 1. The Balaban J connectivity index is 2.30. The highest BCUT2D eigenvalue weighted by Crippen LogP contribution is 2.27. The molecule has 98 valence electrons. The molecular formula is C12H12N4O3. The van der Waals surface area contributed by atoms with Crippen LogP contribution in [0.3, 0.4) is 0 Å². The van der Waals surface area contributed by atoms with Crippen LogP contribution in [0.4, 0.5) is 11.6 Å². The SMILES string of the molecule is Cc1cc(Oc2ccc([N+](=O)[O-])cc2C)nc(N)n1. The number of hydrogen-bond acceptors (Lipinski definition) is 6. The maximum atomic E-state index is 10.6. The maximum absolute atomic E-state index is 10.6. The van der Waals surface area contributed by atoms with E-state index in [1.54, 1.807) is 19.9 Å². The van der Waals surface area contributed by atoms with Crippen molar-refractivity contribution in [3.8, 4) is 11.6 Å². The molecule has 0 saturated heterocycles. The van der Waals surface area contributed by atoms with Crippen LogP contribution in [0.25, 0.3) is 0 Å². The lowest BCUT2D eigenvalue weighted by Crippen LogP contribution is -1.99. The number of anilines is 1. The number of aryl methyl sites for hydroxylation is 2. The van der Waals surface area contributed by atoms with E-state index in [-0.39, 0.29) is 11.6 Å². The minimum absolute atomic E-state index is 0.0169. The molecule has 0 aliphatic carbocycles. The molecule has 0 fully saturated rings. The molecule has 1 heterocycles. The lowest BCUT2D eigenvalue weighted by molar-refractivity contribution is -0.384. The predicted molar refractivity (Wildman–Crippen MR) is 69.1 cm³/mol. The summed E-state index contributed by atoms with van der Waals surface area (Å²) >= 11 is 0. The highest BCUT2D eigenvalue weighted by atomic mass is 16.6. The van der Waals surface area contributed by atoms with Crippen LogP contribution in [0.5, 0.6) is 11.6 Å². The summed E-state index contributed by atoms with van der Waals surface area (Å²) in [6.45, 7) is 3.49. The van der Waals surface area contributed by atoms with Crippen molar-refractivity contribution in [3.05, 3.63) is 45.6 Å². The quantitative estimate of drug-likeness (QED) is 0.671. The van der Waals surface area contributed by atoms with Crippen LogP contribution in [0, 0.1) is 24.0 Å². The number of non-ortho nitro benzene ring substituents is 1. The first-order chi connectivity index (χ1) is 8.95. The Hall–Kier alpha value is -2.70. The number of benzene rings is 1. The van der Waals surface area contributed by atoms with Crippen LogP contribution in [0.2, 0.25) is 0 Å². The van der Waals surface area contributed by atoms with Gasteiger partial charge in [-0.15, -0.1) is 0 Å². The van der Waals surface area contributed by atoms with Gasteiger partial charge >= 0.3 is 0 Å². The van der Waals surface area contributed by atoms with Gasteiger partial charge in [-0.3, -0.25) is 10.1 Å². The van der Waals surface area contributed by atoms with Crippen LogP contribution in [-0.2, 0) is 0 Å². The third-order valence-electron chi connectivity index (χ3n) is 2.43. The largest absolute Gasteiger partial charge is 0.439 e. The summed E-state index contributed by atoms with van der Waals surface area (Å²) in [5.74, 6) is 0.916. The van der Waals surface area contributed by atoms with E-state index in [0.717, 1.165) is 0 Å². The van der Waals surface area contributed by atoms with Gasteiger partial charge in [0, 0.05) is 23.9 Å². The fraction of sp³-hybridized carbons (Fsp3) is 0.167. The fourth-order valence-electron chi connectivity index (χ4n) is 1.59. The van der Waals surface area contributed by atoms with E-state index < -0.39 is 4.92 Å². The second-order valence-corrected chi connectivity index (χ2v) is 4.01. The smallest absolute Gasteiger partial charge is 0.269 e. The molecule has 2 N–H and O–H groups in total. The summed E-state index contributed by atoms with van der Waals surface area (Å²) in [6.07, 6.45) is 0. The van der Waals surface area contributed by atoms with Gasteiger partial charge in [-0.1, -0.05) is 0 Å². The molecule has 7 nitrogen and oxygen atoms in total. The summed E-state index contributed by atoms with van der Waals surface area (Å²) in [7, 11) is 0. The van der Waals surface area contributed by atoms with Crippen molar-refractivity contribution in [3.63, 3.8) is 0 Å². The standard InChI is InChI=1S/C12H12N4O3/c1-7-5-9(16(17)18)3-4-10(7)19-11-6-8(2)14-12(13)15-11/h3-6H,1-2H3,(H2,13,14,15). The number of aromatic nitrogens is 2. The van der Waals surface area contributed by atoms with Crippen molar-refractivity contribution >= 4 is 11.6 Å². The summed E-state index contributed by atoms with van der Waals surface area (Å²) in [5, 5.41) is 10.6. The van der Waals surface area contributed by atoms with Crippen LogP contribution in [0.1, 0.15) is 11.3 Å². The van der Waals surface area contributed by atoms with Gasteiger partial charge in [0.1, 0.15) is 5.75 Å². The van der Waals surface area contributed by atoms with Crippen LogP contribution in [0.15, 0.2) is 24.3 Å². The van der Waals surface area contributed by atoms with Gasteiger partial charge in [-0.25, -0.2) is 4.98 Å². The predicted octanol–water partition coefficient (Wildman–Crippen LogP) is 2.38. The highest BCUT2D eigenvalue weighted by Gasteiger charge is 2.10. The second kappa shape index (κ2) is 4.89. The molecule has 0 spiro atoms. The lowest BCUT2D eigenvalue weighted by Gasteiger charge is -2.08. The van der Waals surface area contributed by atoms with Crippen LogP contribution >= 0.6 is 0 Å². The normalized spacial score (nSPS) is 10.2. The lowest BCUT2D eigenvalue weighted by atomic mass is 10.2. The molecule has 0 radical (unpaired) electrons. The first-order valence-corrected chi connectivity index (χ1v) is 5.50. The molecule has 0 bridgehead atoms. The topological polar surface area (TPSA) is 104 Å². The molecule has 0 saturated carbocycles. The first kappa shape index (κ1) is 12.7. The van der Waals surface area contributed by atoms with Gasteiger partial charge in [0.2, 0.25) is 11.8 Å². The molecule has 0 aliphatic heterocycles. The van der Waals surface area contributed by atoms with E-state index in [1.165, 1.54) is 18.2 Å². The molecule has 0 atom stereocenters. The zero-order valence-corrected chi connectivity index (χ0v) is 10.5. The summed E-state index contributed by atoms with van der Waals surface area (Å²) < 4.78 is 5.55. The average Bonchev–Trinajstić information content (AvgIpc) is 2.30. The molecule has 0 aliphatic rings. The van der Waals surface area contributed by atoms with Crippen molar-refractivity contribution in [2.24, 2.45) is 0 Å². The number of rotatable bonds is 3. The maximum Gasteiger partial charge on any atom is 0.269 e. The summed E-state index contributed by atoms with van der Waals surface area (Å²) in [6, 6.07) is 5.98. The second-order valence-electron chi connectivity index (χ2n) is 4.01. The van der Waals surface area contributed by atoms with Gasteiger partial charge < -0.3 is 10.5 Å². The molecule has 0 amide bonds. The first-order valence-electron chi connectivity index (χ1n) is 5.50. The Kier molecular flexibility index (Phi) is 3.28. The van der Waals surface area contributed by atoms with E-state index >= 15 is 0 Å². The number of hydrogen-bond donors (Lipinski definition) is 1. The minimum Gasteiger partial charge on any atom is -0.439 e. The van der Waals surface area contributed by atoms with Gasteiger partial charge in [-0.05, 0) is 25.5 Å². The number of nitro benzene ring substituents is 1. The van der Waals surface area contributed by atoms with Crippen molar-refractivity contribution in [1.82, 2.24) is 9.97 Å². The van der Waals surface area contributed by atoms with Crippen LogP contribution in [-0.4, -0.2) is 14.9 Å². The van der Waals surface area contributed by atoms with Crippen molar-refractivity contribution in [1.29, 1.82) is 0 Å². The molecule has 1 aromatic heterocycles. The Morgan fingerprint density at radius 2 is 2.00 bits per heavy atom. The van der Waals surface area contributed by atoms with E-state index in [4.69, 9.17) is 10.5 Å². The van der Waals surface area contributed by atoms with Crippen molar-refractivity contribution in [2.45, 2.75) is 13.8 Å². The average molecular weight is 260 g/mol. The molecule has 2 aromatic rings. The van der Waals surface area contributed by atoms with Crippen LogP contribution < -0.4 is 10.5 Å². The van der Waals surface area contributed by atoms with Crippen molar-refractivity contribution < 1.29 is 9.66 Å². The van der Waals surface area contributed by atoms with Gasteiger partial charge in [0.15, 0.2) is 0 Å². The molecule has 19 heavy (non-hydrogen) atoms. The molecule has 1 aromatic carbocycles. The van der Waals surface area contributed by atoms with E-state index in [9.17, 15) is 10.1 Å². The highest BCUT2D eigenvalue weighted by molar-refractivity contribution is 5.44. The Labute approximate surface area is 109 Å². The van der Waals surface area contributed by atoms with Gasteiger partial charge in [-0.2, -0.15) is 4.98 Å². The summed E-state index contributed by atoms with van der Waals surface area (Å²) in [5.41, 5.74) is 6.87. The number of nitrogens with two attached hydrogens (primary N) is 1. The van der Waals surface area contributed by atoms with E-state index in [1.807, 2.05) is 0 Å². The zero-order valence-electron chi connectivity index (χ0n) is 10.5. The Morgan fingerprint density at radius 3 is 2.58 bits per heavy atom. The van der Waals surface area contributed by atoms with Gasteiger partial charge in [0.25, 0.3) is 5.69 Å². The molecule has 2 rings (SSSR count). The monoisotopic (exact) mass is 260 g/mol. The van der Waals surface area contributed by atoms with E-state index in [0.29, 0.717) is 22.9 Å². The Morgan fingerprint density at radius 1 is 1.26 bits per heavy atom. The molecular weight excluding hydrogens is 248 g/mol.